The number of ether oxygens (including phenoxy) is 2. The smallest absolute Gasteiger partial charge is 0.309 e. The summed E-state index contributed by atoms with van der Waals surface area (Å²) < 4.78 is 10.5. The van der Waals surface area contributed by atoms with Crippen LogP contribution in [0, 0.1) is 0 Å². The van der Waals surface area contributed by atoms with Crippen molar-refractivity contribution in [3.8, 4) is 0 Å². The third kappa shape index (κ3) is 7.26. The molecular formula is C15H28N4O4. The Morgan fingerprint density at radius 1 is 0.739 bits per heavy atom. The quantitative estimate of drug-likeness (QED) is 0.427. The van der Waals surface area contributed by atoms with Crippen LogP contribution in [0.5, 0.6) is 0 Å². The molecular weight excluding hydrogens is 300 g/mol. The van der Waals surface area contributed by atoms with Crippen molar-refractivity contribution in [2.24, 2.45) is 0 Å². The van der Waals surface area contributed by atoms with Crippen LogP contribution in [0.15, 0.2) is 0 Å². The summed E-state index contributed by atoms with van der Waals surface area (Å²) in [6, 6.07) is 0. The maximum absolute atomic E-state index is 11.7. The molecule has 0 bridgehead atoms. The van der Waals surface area contributed by atoms with Crippen LogP contribution < -0.4 is 10.6 Å². The van der Waals surface area contributed by atoms with Crippen LogP contribution >= 0.6 is 0 Å². The van der Waals surface area contributed by atoms with Gasteiger partial charge in [-0.05, 0) is 13.0 Å². The number of rotatable bonds is 7. The first-order valence-electron chi connectivity index (χ1n) is 8.42. The number of hydrogen-bond donors (Lipinski definition) is 2. The molecule has 2 saturated heterocycles. The minimum atomic E-state index is -0.551. The Bertz CT molecular complexity index is 368. The Morgan fingerprint density at radius 3 is 1.78 bits per heavy atom. The molecule has 0 unspecified atom stereocenters. The van der Waals surface area contributed by atoms with E-state index in [9.17, 15) is 9.59 Å². The summed E-state index contributed by atoms with van der Waals surface area (Å²) in [4.78, 5) is 27.9. The molecule has 132 valence electrons. The Morgan fingerprint density at radius 2 is 1.22 bits per heavy atom. The second kappa shape index (κ2) is 10.5. The van der Waals surface area contributed by atoms with E-state index in [0.29, 0.717) is 13.1 Å². The predicted octanol–water partition coefficient (Wildman–Crippen LogP) is -1.73. The van der Waals surface area contributed by atoms with Crippen molar-refractivity contribution in [1.82, 2.24) is 20.4 Å². The molecule has 2 fully saturated rings. The third-order valence-corrected chi connectivity index (χ3v) is 4.06. The van der Waals surface area contributed by atoms with Crippen LogP contribution in [-0.4, -0.2) is 100 Å². The zero-order valence-corrected chi connectivity index (χ0v) is 13.7. The molecule has 0 aromatic carbocycles. The summed E-state index contributed by atoms with van der Waals surface area (Å²) in [5.74, 6) is -1.10. The molecule has 0 aromatic heterocycles. The maximum atomic E-state index is 11.7. The first kappa shape index (κ1) is 18.1. The minimum absolute atomic E-state index is 0.486. The van der Waals surface area contributed by atoms with E-state index >= 15 is 0 Å². The lowest BCUT2D eigenvalue weighted by atomic mass is 10.3. The first-order valence-corrected chi connectivity index (χ1v) is 8.42. The van der Waals surface area contributed by atoms with Crippen molar-refractivity contribution in [3.05, 3.63) is 0 Å². The topological polar surface area (TPSA) is 83.1 Å². The number of morpholine rings is 2. The molecule has 8 heteroatoms. The molecule has 23 heavy (non-hydrogen) atoms. The van der Waals surface area contributed by atoms with Gasteiger partial charge in [-0.2, -0.15) is 0 Å². The van der Waals surface area contributed by atoms with E-state index in [1.165, 1.54) is 0 Å². The molecule has 2 heterocycles. The van der Waals surface area contributed by atoms with Gasteiger partial charge in [-0.25, -0.2) is 0 Å². The Kier molecular flexibility index (Phi) is 8.30. The summed E-state index contributed by atoms with van der Waals surface area (Å²) in [6.07, 6.45) is 0.840. The largest absolute Gasteiger partial charge is 0.379 e. The Balaban J connectivity index is 1.48. The van der Waals surface area contributed by atoms with Gasteiger partial charge in [0.2, 0.25) is 0 Å². The number of amides is 2. The normalized spacial score (nSPS) is 20.2. The zero-order valence-electron chi connectivity index (χ0n) is 13.7. The standard InChI is InChI=1S/C15H28N4O4/c20-14(16-2-1-4-18-6-10-22-11-7-18)15(21)17-3-5-19-8-12-23-13-9-19/h1-13H2,(H,16,20)(H,17,21). The number of hydrogen-bond acceptors (Lipinski definition) is 6. The van der Waals surface area contributed by atoms with Crippen LogP contribution in [0.3, 0.4) is 0 Å². The number of nitrogens with one attached hydrogen (secondary N) is 2. The van der Waals surface area contributed by atoms with Gasteiger partial charge in [-0.1, -0.05) is 0 Å². The molecule has 0 aromatic rings. The van der Waals surface area contributed by atoms with E-state index < -0.39 is 11.8 Å². The van der Waals surface area contributed by atoms with Crippen LogP contribution in [0.2, 0.25) is 0 Å². The molecule has 0 saturated carbocycles. The Labute approximate surface area is 137 Å². The molecule has 0 radical (unpaired) electrons. The number of nitrogens with zero attached hydrogens (tertiary/aromatic N) is 2. The fourth-order valence-corrected chi connectivity index (χ4v) is 2.64. The maximum Gasteiger partial charge on any atom is 0.309 e. The second-order valence-corrected chi connectivity index (χ2v) is 5.77. The lowest BCUT2D eigenvalue weighted by Crippen LogP contribution is -2.45. The van der Waals surface area contributed by atoms with Crippen molar-refractivity contribution in [2.45, 2.75) is 6.42 Å². The molecule has 2 amide bonds. The predicted molar refractivity (Wildman–Crippen MR) is 85.2 cm³/mol. The zero-order chi connectivity index (χ0) is 16.3. The van der Waals surface area contributed by atoms with Gasteiger partial charge in [0.1, 0.15) is 0 Å². The van der Waals surface area contributed by atoms with Gasteiger partial charge in [0.15, 0.2) is 0 Å². The highest BCUT2D eigenvalue weighted by molar-refractivity contribution is 6.35. The van der Waals surface area contributed by atoms with E-state index in [4.69, 9.17) is 9.47 Å². The summed E-state index contributed by atoms with van der Waals surface area (Å²) in [7, 11) is 0. The molecule has 2 rings (SSSR count). The summed E-state index contributed by atoms with van der Waals surface area (Å²) in [5.41, 5.74) is 0. The summed E-state index contributed by atoms with van der Waals surface area (Å²) >= 11 is 0. The highest BCUT2D eigenvalue weighted by Crippen LogP contribution is 1.97. The molecule has 0 atom stereocenters. The van der Waals surface area contributed by atoms with Gasteiger partial charge in [-0.3, -0.25) is 19.4 Å². The summed E-state index contributed by atoms with van der Waals surface area (Å²) in [5, 5.41) is 5.33. The highest BCUT2D eigenvalue weighted by atomic mass is 16.5. The molecule has 2 aliphatic rings. The van der Waals surface area contributed by atoms with E-state index in [2.05, 4.69) is 20.4 Å². The van der Waals surface area contributed by atoms with E-state index in [1.54, 1.807) is 0 Å². The lowest BCUT2D eigenvalue weighted by molar-refractivity contribution is -0.139. The van der Waals surface area contributed by atoms with Gasteiger partial charge >= 0.3 is 11.8 Å². The SMILES string of the molecule is O=C(NCCCN1CCOCC1)C(=O)NCCN1CCOCC1. The van der Waals surface area contributed by atoms with Gasteiger partial charge < -0.3 is 20.1 Å². The van der Waals surface area contributed by atoms with Gasteiger partial charge in [-0.15, -0.1) is 0 Å². The molecule has 0 spiro atoms. The van der Waals surface area contributed by atoms with Crippen molar-refractivity contribution < 1.29 is 19.1 Å². The second-order valence-electron chi connectivity index (χ2n) is 5.77. The van der Waals surface area contributed by atoms with E-state index in [-0.39, 0.29) is 0 Å². The van der Waals surface area contributed by atoms with E-state index in [1.807, 2.05) is 0 Å². The van der Waals surface area contributed by atoms with Crippen molar-refractivity contribution in [2.75, 3.05) is 78.8 Å². The molecule has 0 aliphatic carbocycles. The van der Waals surface area contributed by atoms with Crippen LogP contribution in [0.4, 0.5) is 0 Å². The lowest BCUT2D eigenvalue weighted by Gasteiger charge is -2.26. The number of carbonyl (C=O) groups excluding carboxylic acids is 2. The Hall–Kier alpha value is -1.22. The minimum Gasteiger partial charge on any atom is -0.379 e. The van der Waals surface area contributed by atoms with Crippen LogP contribution in [-0.2, 0) is 19.1 Å². The highest BCUT2D eigenvalue weighted by Gasteiger charge is 2.15. The molecule has 2 aliphatic heterocycles. The fourth-order valence-electron chi connectivity index (χ4n) is 2.64. The monoisotopic (exact) mass is 328 g/mol. The fraction of sp³-hybridized carbons (Fsp3) is 0.867. The average Bonchev–Trinajstić information content (AvgIpc) is 2.60. The third-order valence-electron chi connectivity index (χ3n) is 4.06. The molecule has 2 N–H and O–H groups in total. The van der Waals surface area contributed by atoms with Crippen molar-refractivity contribution in [1.29, 1.82) is 0 Å². The van der Waals surface area contributed by atoms with E-state index in [0.717, 1.165) is 72.1 Å². The van der Waals surface area contributed by atoms with Crippen molar-refractivity contribution in [3.63, 3.8) is 0 Å². The number of carbonyl (C=O) groups is 2. The molecule has 8 nitrogen and oxygen atoms in total. The van der Waals surface area contributed by atoms with Gasteiger partial charge in [0.25, 0.3) is 0 Å². The summed E-state index contributed by atoms with van der Waals surface area (Å²) in [6.45, 7) is 9.33. The van der Waals surface area contributed by atoms with Crippen LogP contribution in [0.1, 0.15) is 6.42 Å². The van der Waals surface area contributed by atoms with Gasteiger partial charge in [0.05, 0.1) is 26.4 Å². The average molecular weight is 328 g/mol. The van der Waals surface area contributed by atoms with Crippen molar-refractivity contribution >= 4 is 11.8 Å². The van der Waals surface area contributed by atoms with Crippen LogP contribution in [0.25, 0.3) is 0 Å². The first-order chi connectivity index (χ1) is 11.3. The van der Waals surface area contributed by atoms with Gasteiger partial charge in [0, 0.05) is 45.8 Å².